The molecule has 0 atom stereocenters. The summed E-state index contributed by atoms with van der Waals surface area (Å²) in [5, 5.41) is 7.71. The molecule has 0 amide bonds. The minimum atomic E-state index is -0.328. The van der Waals surface area contributed by atoms with Crippen LogP contribution in [0.2, 0.25) is 0 Å². The van der Waals surface area contributed by atoms with Crippen LogP contribution in [0.5, 0.6) is 11.5 Å². The molecule has 0 saturated carbocycles. The summed E-state index contributed by atoms with van der Waals surface area (Å²) in [5.41, 5.74) is 1.43. The van der Waals surface area contributed by atoms with Crippen molar-refractivity contribution in [3.8, 4) is 22.9 Å². The van der Waals surface area contributed by atoms with Crippen molar-refractivity contribution in [2.24, 2.45) is 5.16 Å². The van der Waals surface area contributed by atoms with Gasteiger partial charge in [0, 0.05) is 11.1 Å². The van der Waals surface area contributed by atoms with Crippen LogP contribution in [0.4, 0.5) is 4.39 Å². The molecule has 3 rings (SSSR count). The zero-order valence-electron chi connectivity index (χ0n) is 14.9. The first-order valence-corrected chi connectivity index (χ1v) is 8.24. The molecule has 2 aromatic carbocycles. The summed E-state index contributed by atoms with van der Waals surface area (Å²) >= 11 is 0. The van der Waals surface area contributed by atoms with Crippen LogP contribution in [-0.4, -0.2) is 30.1 Å². The van der Waals surface area contributed by atoms with Gasteiger partial charge in [-0.3, -0.25) is 0 Å². The van der Waals surface area contributed by atoms with Gasteiger partial charge in [-0.25, -0.2) is 4.39 Å². The Morgan fingerprint density at radius 2 is 1.96 bits per heavy atom. The molecule has 1 aromatic heterocycles. The molecule has 7 nitrogen and oxygen atoms in total. The molecule has 8 heteroatoms. The predicted octanol–water partition coefficient (Wildman–Crippen LogP) is 3.83. The Morgan fingerprint density at radius 3 is 2.70 bits per heavy atom. The van der Waals surface area contributed by atoms with E-state index in [-0.39, 0.29) is 18.3 Å². The summed E-state index contributed by atoms with van der Waals surface area (Å²) in [6.45, 7) is 2.47. The van der Waals surface area contributed by atoms with E-state index in [0.717, 1.165) is 5.56 Å². The van der Waals surface area contributed by atoms with Crippen molar-refractivity contribution in [3.05, 3.63) is 59.7 Å². The van der Waals surface area contributed by atoms with Crippen molar-refractivity contribution < 1.29 is 23.2 Å². The lowest BCUT2D eigenvalue weighted by molar-refractivity contribution is 0.107. The van der Waals surface area contributed by atoms with Crippen LogP contribution in [0.15, 0.2) is 52.1 Å². The summed E-state index contributed by atoms with van der Waals surface area (Å²) in [7, 11) is 1.57. The number of benzene rings is 2. The highest BCUT2D eigenvalue weighted by Gasteiger charge is 2.09. The number of aromatic nitrogens is 2. The second-order valence-electron chi connectivity index (χ2n) is 5.37. The van der Waals surface area contributed by atoms with Crippen molar-refractivity contribution in [1.82, 2.24) is 10.1 Å². The lowest BCUT2D eigenvalue weighted by Gasteiger charge is -2.09. The Labute approximate surface area is 155 Å². The van der Waals surface area contributed by atoms with E-state index in [0.29, 0.717) is 29.5 Å². The second-order valence-corrected chi connectivity index (χ2v) is 5.37. The van der Waals surface area contributed by atoms with Gasteiger partial charge in [-0.1, -0.05) is 10.3 Å². The number of hydrogen-bond acceptors (Lipinski definition) is 7. The third kappa shape index (κ3) is 4.81. The number of methoxy groups -OCH3 is 1. The van der Waals surface area contributed by atoms with E-state index in [1.165, 1.54) is 18.3 Å². The SMILES string of the molecule is CCOc1ccc(/C=N\OCc2nc(-c3ccc(F)cc3)no2)cc1OC. The van der Waals surface area contributed by atoms with Crippen LogP contribution in [0.1, 0.15) is 18.4 Å². The maximum atomic E-state index is 12.9. The van der Waals surface area contributed by atoms with Crippen LogP contribution < -0.4 is 9.47 Å². The van der Waals surface area contributed by atoms with Crippen molar-refractivity contribution in [1.29, 1.82) is 0 Å². The Bertz CT molecular complexity index is 910. The van der Waals surface area contributed by atoms with Gasteiger partial charge < -0.3 is 18.8 Å². The number of halogens is 1. The Hall–Kier alpha value is -3.42. The van der Waals surface area contributed by atoms with Crippen LogP contribution in [0, 0.1) is 5.82 Å². The molecule has 0 bridgehead atoms. The molecule has 0 saturated heterocycles. The van der Waals surface area contributed by atoms with E-state index < -0.39 is 0 Å². The maximum Gasteiger partial charge on any atom is 0.267 e. The number of oxime groups is 1. The van der Waals surface area contributed by atoms with Crippen LogP contribution in [0.25, 0.3) is 11.4 Å². The molecule has 0 aliphatic heterocycles. The Balaban J connectivity index is 1.57. The lowest BCUT2D eigenvalue weighted by Crippen LogP contribution is -1.96. The smallest absolute Gasteiger partial charge is 0.267 e. The van der Waals surface area contributed by atoms with Gasteiger partial charge in [-0.2, -0.15) is 4.98 Å². The molecule has 0 fully saturated rings. The molecule has 0 N–H and O–H groups in total. The minimum Gasteiger partial charge on any atom is -0.493 e. The molecule has 0 spiro atoms. The van der Waals surface area contributed by atoms with Crippen molar-refractivity contribution >= 4 is 6.21 Å². The quantitative estimate of drug-likeness (QED) is 0.442. The van der Waals surface area contributed by atoms with E-state index in [4.69, 9.17) is 18.8 Å². The van der Waals surface area contributed by atoms with Gasteiger partial charge >= 0.3 is 0 Å². The van der Waals surface area contributed by atoms with Crippen molar-refractivity contribution in [2.75, 3.05) is 13.7 Å². The average Bonchev–Trinajstić information content (AvgIpc) is 3.16. The number of rotatable bonds is 8. The number of nitrogens with zero attached hydrogens (tertiary/aromatic N) is 3. The standard InChI is InChI=1S/C19H18FN3O4/c1-3-25-16-9-4-13(10-17(16)24-2)11-21-26-12-18-22-19(23-27-18)14-5-7-15(20)8-6-14/h4-11H,3,12H2,1-2H3/b21-11-. The van der Waals surface area contributed by atoms with Crippen molar-refractivity contribution in [2.45, 2.75) is 13.5 Å². The Morgan fingerprint density at radius 1 is 1.15 bits per heavy atom. The summed E-state index contributed by atoms with van der Waals surface area (Å²) in [6, 6.07) is 11.2. The molecule has 0 radical (unpaired) electrons. The van der Waals surface area contributed by atoms with Crippen LogP contribution in [-0.2, 0) is 11.4 Å². The van der Waals surface area contributed by atoms with Gasteiger partial charge in [-0.05, 0) is 49.4 Å². The second kappa shape index (κ2) is 8.79. The molecule has 0 unspecified atom stereocenters. The normalized spacial score (nSPS) is 10.9. The fourth-order valence-corrected chi connectivity index (χ4v) is 2.26. The summed E-state index contributed by atoms with van der Waals surface area (Å²) < 4.78 is 28.8. The van der Waals surface area contributed by atoms with Crippen LogP contribution in [0.3, 0.4) is 0 Å². The molecule has 27 heavy (non-hydrogen) atoms. The first kappa shape index (κ1) is 18.4. The van der Waals surface area contributed by atoms with Gasteiger partial charge in [0.2, 0.25) is 5.82 Å². The largest absolute Gasteiger partial charge is 0.493 e. The lowest BCUT2D eigenvalue weighted by atomic mass is 10.2. The highest BCUT2D eigenvalue weighted by atomic mass is 19.1. The molecule has 3 aromatic rings. The van der Waals surface area contributed by atoms with Crippen LogP contribution >= 0.6 is 0 Å². The summed E-state index contributed by atoms with van der Waals surface area (Å²) in [5.74, 6) is 1.56. The third-order valence-corrected chi connectivity index (χ3v) is 3.52. The molecular formula is C19H18FN3O4. The number of hydrogen-bond donors (Lipinski definition) is 0. The van der Waals surface area contributed by atoms with Gasteiger partial charge in [0.05, 0.1) is 19.9 Å². The maximum absolute atomic E-state index is 12.9. The monoisotopic (exact) mass is 371 g/mol. The van der Waals surface area contributed by atoms with E-state index in [1.807, 2.05) is 13.0 Å². The van der Waals surface area contributed by atoms with Gasteiger partial charge in [0.25, 0.3) is 5.89 Å². The highest BCUT2D eigenvalue weighted by Crippen LogP contribution is 2.27. The molecule has 0 aliphatic rings. The molecule has 1 heterocycles. The van der Waals surface area contributed by atoms with E-state index in [2.05, 4.69) is 15.3 Å². The van der Waals surface area contributed by atoms with Gasteiger partial charge in [0.15, 0.2) is 18.1 Å². The third-order valence-electron chi connectivity index (χ3n) is 3.52. The first-order chi connectivity index (χ1) is 13.2. The summed E-state index contributed by atoms with van der Waals surface area (Å²) in [4.78, 5) is 9.36. The number of ether oxygens (including phenoxy) is 2. The first-order valence-electron chi connectivity index (χ1n) is 8.24. The molecular weight excluding hydrogens is 353 g/mol. The zero-order valence-corrected chi connectivity index (χ0v) is 14.9. The van der Waals surface area contributed by atoms with E-state index >= 15 is 0 Å². The van der Waals surface area contributed by atoms with E-state index in [1.54, 1.807) is 31.4 Å². The fourth-order valence-electron chi connectivity index (χ4n) is 2.26. The molecule has 140 valence electrons. The fraction of sp³-hybridized carbons (Fsp3) is 0.211. The van der Waals surface area contributed by atoms with Crippen molar-refractivity contribution in [3.63, 3.8) is 0 Å². The Kier molecular flexibility index (Phi) is 5.98. The van der Waals surface area contributed by atoms with E-state index in [9.17, 15) is 4.39 Å². The molecule has 0 aliphatic carbocycles. The van der Waals surface area contributed by atoms with Gasteiger partial charge in [-0.15, -0.1) is 0 Å². The minimum absolute atomic E-state index is 0.0128. The predicted molar refractivity (Wildman–Crippen MR) is 96.2 cm³/mol. The topological polar surface area (TPSA) is 79.0 Å². The van der Waals surface area contributed by atoms with Gasteiger partial charge in [0.1, 0.15) is 5.82 Å². The highest BCUT2D eigenvalue weighted by molar-refractivity contribution is 5.80. The summed E-state index contributed by atoms with van der Waals surface area (Å²) in [6.07, 6.45) is 1.54. The zero-order chi connectivity index (χ0) is 19.1. The average molecular weight is 371 g/mol.